The summed E-state index contributed by atoms with van der Waals surface area (Å²) < 4.78 is 31.4. The molecule has 3 N–H and O–H groups in total. The molecular formula is C14H19ClF2N2O2. The number of amides is 1. The maximum atomic E-state index is 13.1. The lowest BCUT2D eigenvalue weighted by Gasteiger charge is -2.34. The molecule has 0 aromatic heterocycles. The molecule has 0 saturated carbocycles. The zero-order valence-electron chi connectivity index (χ0n) is 11.5. The second-order valence-corrected chi connectivity index (χ2v) is 5.06. The second kappa shape index (κ2) is 7.68. The van der Waals surface area contributed by atoms with Crippen molar-refractivity contribution in [2.45, 2.75) is 19.4 Å². The van der Waals surface area contributed by atoms with Crippen molar-refractivity contribution in [2.24, 2.45) is 11.1 Å². The summed E-state index contributed by atoms with van der Waals surface area (Å²) in [4.78, 5) is 12.3. The number of carbonyl (C=O) groups excluding carboxylic acids is 1. The predicted octanol–water partition coefficient (Wildman–Crippen LogP) is 1.76. The number of hydrogen-bond acceptors (Lipinski definition) is 3. The zero-order chi connectivity index (χ0) is 14.6. The van der Waals surface area contributed by atoms with Gasteiger partial charge in [0.1, 0.15) is 11.6 Å². The topological polar surface area (TPSA) is 64.4 Å². The van der Waals surface area contributed by atoms with Crippen LogP contribution in [0.1, 0.15) is 18.4 Å². The van der Waals surface area contributed by atoms with Crippen molar-refractivity contribution < 1.29 is 18.3 Å². The Kier molecular flexibility index (Phi) is 6.51. The van der Waals surface area contributed by atoms with E-state index in [1.165, 1.54) is 12.1 Å². The predicted molar refractivity (Wildman–Crippen MR) is 77.0 cm³/mol. The SMILES string of the molecule is Cl.NCC1(C(=O)NCc2cc(F)cc(F)c2)CCOCC1. The third-order valence-electron chi connectivity index (χ3n) is 3.70. The molecule has 0 aliphatic carbocycles. The Hall–Kier alpha value is -1.24. The molecule has 1 heterocycles. The average Bonchev–Trinajstić information content (AvgIpc) is 2.44. The number of nitrogens with two attached hydrogens (primary N) is 1. The number of nitrogens with one attached hydrogen (secondary N) is 1. The van der Waals surface area contributed by atoms with Crippen molar-refractivity contribution in [2.75, 3.05) is 19.8 Å². The largest absolute Gasteiger partial charge is 0.381 e. The molecule has 1 saturated heterocycles. The summed E-state index contributed by atoms with van der Waals surface area (Å²) in [5.41, 5.74) is 5.47. The van der Waals surface area contributed by atoms with Gasteiger partial charge in [-0.2, -0.15) is 0 Å². The minimum Gasteiger partial charge on any atom is -0.381 e. The van der Waals surface area contributed by atoms with Gasteiger partial charge in [-0.05, 0) is 30.5 Å². The highest BCUT2D eigenvalue weighted by Gasteiger charge is 2.38. The molecule has 2 rings (SSSR count). The molecule has 118 valence electrons. The molecule has 1 amide bonds. The van der Waals surface area contributed by atoms with E-state index < -0.39 is 17.0 Å². The monoisotopic (exact) mass is 320 g/mol. The summed E-state index contributed by atoms with van der Waals surface area (Å²) in [6.07, 6.45) is 1.12. The van der Waals surface area contributed by atoms with Crippen LogP contribution >= 0.6 is 12.4 Å². The van der Waals surface area contributed by atoms with Gasteiger partial charge in [0.05, 0.1) is 5.41 Å². The Balaban J connectivity index is 0.00000220. The second-order valence-electron chi connectivity index (χ2n) is 5.06. The maximum absolute atomic E-state index is 13.1. The first-order valence-corrected chi connectivity index (χ1v) is 6.57. The van der Waals surface area contributed by atoms with Gasteiger partial charge in [0.25, 0.3) is 0 Å². The van der Waals surface area contributed by atoms with Crippen molar-refractivity contribution in [1.82, 2.24) is 5.32 Å². The standard InChI is InChI=1S/C14H18F2N2O2.ClH/c15-11-5-10(6-12(16)7-11)8-18-13(19)14(9-17)1-3-20-4-2-14;/h5-7H,1-4,8-9,17H2,(H,18,19);1H. The van der Waals surface area contributed by atoms with Gasteiger partial charge in [0.2, 0.25) is 5.91 Å². The lowest BCUT2D eigenvalue weighted by Crippen LogP contribution is -2.48. The van der Waals surface area contributed by atoms with Gasteiger partial charge in [0.15, 0.2) is 0 Å². The summed E-state index contributed by atoms with van der Waals surface area (Å²) in [5.74, 6) is -1.50. The molecule has 1 aromatic carbocycles. The van der Waals surface area contributed by atoms with Crippen LogP contribution in [0.4, 0.5) is 8.78 Å². The van der Waals surface area contributed by atoms with Crippen LogP contribution in [0.15, 0.2) is 18.2 Å². The number of hydrogen-bond donors (Lipinski definition) is 2. The van der Waals surface area contributed by atoms with Gasteiger partial charge in [-0.1, -0.05) is 0 Å². The van der Waals surface area contributed by atoms with Crippen molar-refractivity contribution in [3.8, 4) is 0 Å². The quantitative estimate of drug-likeness (QED) is 0.888. The molecule has 1 aliphatic rings. The van der Waals surface area contributed by atoms with Crippen LogP contribution in [0.25, 0.3) is 0 Å². The van der Waals surface area contributed by atoms with Gasteiger partial charge < -0.3 is 15.8 Å². The van der Waals surface area contributed by atoms with Crippen LogP contribution in [0.5, 0.6) is 0 Å². The molecule has 0 unspecified atom stereocenters. The molecule has 1 aromatic rings. The van der Waals surface area contributed by atoms with Gasteiger partial charge >= 0.3 is 0 Å². The first-order valence-electron chi connectivity index (χ1n) is 6.57. The number of benzene rings is 1. The highest BCUT2D eigenvalue weighted by Crippen LogP contribution is 2.29. The molecule has 7 heteroatoms. The highest BCUT2D eigenvalue weighted by molar-refractivity contribution is 5.85. The minimum absolute atomic E-state index is 0. The van der Waals surface area contributed by atoms with Gasteiger partial charge in [-0.3, -0.25) is 4.79 Å². The number of halogens is 3. The van der Waals surface area contributed by atoms with Crippen molar-refractivity contribution in [3.05, 3.63) is 35.4 Å². The van der Waals surface area contributed by atoms with Crippen molar-refractivity contribution in [3.63, 3.8) is 0 Å². The molecule has 4 nitrogen and oxygen atoms in total. The molecular weight excluding hydrogens is 302 g/mol. The molecule has 1 aliphatic heterocycles. The Morgan fingerprint density at radius 1 is 1.24 bits per heavy atom. The van der Waals surface area contributed by atoms with E-state index in [2.05, 4.69) is 5.32 Å². The van der Waals surface area contributed by atoms with Crippen LogP contribution in [-0.2, 0) is 16.1 Å². The summed E-state index contributed by atoms with van der Waals surface area (Å²) >= 11 is 0. The third kappa shape index (κ3) is 4.36. The van der Waals surface area contributed by atoms with E-state index >= 15 is 0 Å². The molecule has 21 heavy (non-hydrogen) atoms. The smallest absolute Gasteiger partial charge is 0.227 e. The van der Waals surface area contributed by atoms with E-state index in [-0.39, 0.29) is 31.4 Å². The van der Waals surface area contributed by atoms with Gasteiger partial charge in [-0.15, -0.1) is 12.4 Å². The van der Waals surface area contributed by atoms with E-state index in [1.54, 1.807) is 0 Å². The van der Waals surface area contributed by atoms with Crippen LogP contribution in [0, 0.1) is 17.0 Å². The molecule has 0 bridgehead atoms. The lowest BCUT2D eigenvalue weighted by atomic mass is 9.79. The molecule has 0 atom stereocenters. The van der Waals surface area contributed by atoms with E-state index in [0.717, 1.165) is 6.07 Å². The minimum atomic E-state index is -0.658. The Morgan fingerprint density at radius 3 is 2.33 bits per heavy atom. The first kappa shape index (κ1) is 17.8. The van der Waals surface area contributed by atoms with E-state index in [4.69, 9.17) is 10.5 Å². The van der Waals surface area contributed by atoms with E-state index in [0.29, 0.717) is 31.6 Å². The summed E-state index contributed by atoms with van der Waals surface area (Å²) in [6, 6.07) is 3.19. The fourth-order valence-corrected chi connectivity index (χ4v) is 2.37. The van der Waals surface area contributed by atoms with Crippen LogP contribution in [0.2, 0.25) is 0 Å². The van der Waals surface area contributed by atoms with Crippen LogP contribution in [0.3, 0.4) is 0 Å². The summed E-state index contributed by atoms with van der Waals surface area (Å²) in [5, 5.41) is 2.71. The highest BCUT2D eigenvalue weighted by atomic mass is 35.5. The normalized spacial score (nSPS) is 16.9. The maximum Gasteiger partial charge on any atom is 0.227 e. The summed E-state index contributed by atoms with van der Waals surface area (Å²) in [7, 11) is 0. The Labute approximate surface area is 128 Å². The lowest BCUT2D eigenvalue weighted by molar-refractivity contribution is -0.136. The number of ether oxygens (including phenoxy) is 1. The summed E-state index contributed by atoms with van der Waals surface area (Å²) in [6.45, 7) is 1.31. The van der Waals surface area contributed by atoms with Crippen molar-refractivity contribution >= 4 is 18.3 Å². The molecule has 0 radical (unpaired) electrons. The van der Waals surface area contributed by atoms with Crippen molar-refractivity contribution in [1.29, 1.82) is 0 Å². The van der Waals surface area contributed by atoms with Crippen LogP contribution in [-0.4, -0.2) is 25.7 Å². The fraction of sp³-hybridized carbons (Fsp3) is 0.500. The number of carbonyl (C=O) groups is 1. The van der Waals surface area contributed by atoms with Gasteiger partial charge in [0, 0.05) is 32.4 Å². The number of rotatable bonds is 4. The Bertz CT molecular complexity index is 474. The average molecular weight is 321 g/mol. The fourth-order valence-electron chi connectivity index (χ4n) is 2.37. The molecule has 0 spiro atoms. The third-order valence-corrected chi connectivity index (χ3v) is 3.70. The zero-order valence-corrected chi connectivity index (χ0v) is 12.3. The van der Waals surface area contributed by atoms with Gasteiger partial charge in [-0.25, -0.2) is 8.78 Å². The molecule has 1 fully saturated rings. The van der Waals surface area contributed by atoms with E-state index in [1.807, 2.05) is 0 Å². The Morgan fingerprint density at radius 2 is 1.81 bits per heavy atom. The van der Waals surface area contributed by atoms with E-state index in [9.17, 15) is 13.6 Å². The first-order chi connectivity index (χ1) is 9.55. The van der Waals surface area contributed by atoms with Crippen LogP contribution < -0.4 is 11.1 Å².